The number of carbonyl (C=O) groups is 1. The predicted octanol–water partition coefficient (Wildman–Crippen LogP) is 0.392. The maximum Gasteiger partial charge on any atom is 0.238 e. The molecule has 16 heavy (non-hydrogen) atoms. The van der Waals surface area contributed by atoms with Crippen molar-refractivity contribution < 1.29 is 17.7 Å². The Labute approximate surface area is 93.0 Å². The maximum atomic E-state index is 11.6. The van der Waals surface area contributed by atoms with Crippen LogP contribution in [0.5, 0.6) is 0 Å². The zero-order chi connectivity index (χ0) is 11.8. The summed E-state index contributed by atoms with van der Waals surface area (Å²) in [6.07, 6.45) is 1.52. The maximum absolute atomic E-state index is 11.6. The molecule has 6 nitrogen and oxygen atoms in total. The molecule has 0 N–H and O–H groups in total. The van der Waals surface area contributed by atoms with Crippen LogP contribution in [0.25, 0.3) is 0 Å². The van der Waals surface area contributed by atoms with Gasteiger partial charge in [0.1, 0.15) is 0 Å². The number of sulfone groups is 1. The van der Waals surface area contributed by atoms with Crippen LogP contribution in [0.2, 0.25) is 0 Å². The fraction of sp³-hybridized carbons (Fsp3) is 0.667. The molecule has 1 saturated heterocycles. The van der Waals surface area contributed by atoms with Gasteiger partial charge in [0.2, 0.25) is 17.5 Å². The summed E-state index contributed by atoms with van der Waals surface area (Å²) in [6, 6.07) is 0. The van der Waals surface area contributed by atoms with Gasteiger partial charge in [0, 0.05) is 13.3 Å². The number of carbonyl (C=O) groups excluding carboxylic acids is 1. The van der Waals surface area contributed by atoms with E-state index in [1.165, 1.54) is 6.92 Å². The molecule has 0 amide bonds. The molecule has 2 rings (SSSR count). The van der Waals surface area contributed by atoms with Crippen LogP contribution < -0.4 is 0 Å². The summed E-state index contributed by atoms with van der Waals surface area (Å²) in [5.41, 5.74) is 0. The number of rotatable bonds is 3. The third kappa shape index (κ3) is 2.13. The Hall–Kier alpha value is -1.24. The van der Waals surface area contributed by atoms with Crippen molar-refractivity contribution in [2.75, 3.05) is 5.75 Å². The van der Waals surface area contributed by atoms with E-state index in [4.69, 9.17) is 4.52 Å². The van der Waals surface area contributed by atoms with Gasteiger partial charge in [-0.05, 0) is 12.8 Å². The highest BCUT2D eigenvalue weighted by Crippen LogP contribution is 2.22. The first kappa shape index (κ1) is 11.3. The van der Waals surface area contributed by atoms with Crippen LogP contribution in [0, 0.1) is 0 Å². The molecule has 1 aliphatic rings. The topological polar surface area (TPSA) is 90.1 Å². The van der Waals surface area contributed by atoms with Gasteiger partial charge >= 0.3 is 0 Å². The first-order valence-electron chi connectivity index (χ1n) is 5.04. The first-order valence-corrected chi connectivity index (χ1v) is 6.75. The summed E-state index contributed by atoms with van der Waals surface area (Å²) in [7, 11) is -3.01. The number of ketones is 1. The Bertz CT molecular complexity index is 505. The van der Waals surface area contributed by atoms with Crippen LogP contribution in [0.4, 0.5) is 0 Å². The van der Waals surface area contributed by atoms with E-state index < -0.39 is 15.1 Å². The number of Topliss-reactive ketones (excluding diaryl/α,β-unsaturated/α-hetero) is 1. The fourth-order valence-electron chi connectivity index (χ4n) is 1.76. The summed E-state index contributed by atoms with van der Waals surface area (Å²) in [6.45, 7) is 1.33. The van der Waals surface area contributed by atoms with Crippen LogP contribution in [-0.2, 0) is 16.3 Å². The first-order chi connectivity index (χ1) is 7.49. The largest absolute Gasteiger partial charge is 0.339 e. The van der Waals surface area contributed by atoms with Crippen molar-refractivity contribution in [2.24, 2.45) is 0 Å². The van der Waals surface area contributed by atoms with Crippen LogP contribution in [0.3, 0.4) is 0 Å². The molecule has 1 aliphatic heterocycles. The lowest BCUT2D eigenvalue weighted by atomic mass is 10.2. The second-order valence-corrected chi connectivity index (χ2v) is 6.30. The van der Waals surface area contributed by atoms with Gasteiger partial charge in [-0.3, -0.25) is 4.79 Å². The molecule has 0 radical (unpaired) electrons. The van der Waals surface area contributed by atoms with E-state index in [1.54, 1.807) is 0 Å². The summed E-state index contributed by atoms with van der Waals surface area (Å²) in [5.74, 6) is 0.168. The van der Waals surface area contributed by atoms with Gasteiger partial charge in [-0.1, -0.05) is 5.16 Å². The molecular weight excluding hydrogens is 232 g/mol. The van der Waals surface area contributed by atoms with E-state index in [2.05, 4.69) is 10.1 Å². The SMILES string of the molecule is CC(=O)c1noc(CC2CCCS2(=O)=O)n1. The molecule has 0 aromatic carbocycles. The zero-order valence-electron chi connectivity index (χ0n) is 8.84. The van der Waals surface area contributed by atoms with Crippen LogP contribution >= 0.6 is 0 Å². The van der Waals surface area contributed by atoms with E-state index >= 15 is 0 Å². The van der Waals surface area contributed by atoms with E-state index in [1.807, 2.05) is 0 Å². The monoisotopic (exact) mass is 244 g/mol. The van der Waals surface area contributed by atoms with Crippen molar-refractivity contribution in [3.05, 3.63) is 11.7 Å². The minimum absolute atomic E-state index is 0.00500. The van der Waals surface area contributed by atoms with Crippen molar-refractivity contribution in [3.8, 4) is 0 Å². The van der Waals surface area contributed by atoms with Crippen molar-refractivity contribution in [1.29, 1.82) is 0 Å². The number of nitrogens with zero attached hydrogens (tertiary/aromatic N) is 2. The summed E-state index contributed by atoms with van der Waals surface area (Å²) in [5, 5.41) is 3.04. The van der Waals surface area contributed by atoms with Gasteiger partial charge in [-0.15, -0.1) is 0 Å². The van der Waals surface area contributed by atoms with Crippen molar-refractivity contribution in [3.63, 3.8) is 0 Å². The smallest absolute Gasteiger partial charge is 0.238 e. The number of hydrogen-bond donors (Lipinski definition) is 0. The predicted molar refractivity (Wildman–Crippen MR) is 54.8 cm³/mol. The van der Waals surface area contributed by atoms with Gasteiger partial charge in [0.15, 0.2) is 9.84 Å². The minimum atomic E-state index is -3.01. The molecule has 0 bridgehead atoms. The molecule has 1 aromatic heterocycles. The molecular formula is C9H12N2O4S. The van der Waals surface area contributed by atoms with Crippen molar-refractivity contribution >= 4 is 15.6 Å². The van der Waals surface area contributed by atoms with Crippen LogP contribution in [0.1, 0.15) is 36.3 Å². The summed E-state index contributed by atoms with van der Waals surface area (Å²) in [4.78, 5) is 14.8. The fourth-order valence-corrected chi connectivity index (χ4v) is 3.59. The van der Waals surface area contributed by atoms with E-state index in [0.29, 0.717) is 12.8 Å². The average molecular weight is 244 g/mol. The van der Waals surface area contributed by atoms with E-state index in [0.717, 1.165) is 0 Å². The molecule has 88 valence electrons. The standard InChI is InChI=1S/C9H12N2O4S/c1-6(12)9-10-8(15-11-9)5-7-3-2-4-16(7,13)14/h7H,2-5H2,1H3. The number of aromatic nitrogens is 2. The Balaban J connectivity index is 2.12. The Morgan fingerprint density at radius 1 is 1.56 bits per heavy atom. The Morgan fingerprint density at radius 2 is 2.31 bits per heavy atom. The second-order valence-electron chi connectivity index (χ2n) is 3.90. The average Bonchev–Trinajstić information content (AvgIpc) is 2.75. The quantitative estimate of drug-likeness (QED) is 0.714. The molecule has 2 heterocycles. The molecule has 0 saturated carbocycles. The van der Waals surface area contributed by atoms with Crippen molar-refractivity contribution in [1.82, 2.24) is 10.1 Å². The molecule has 1 unspecified atom stereocenters. The van der Waals surface area contributed by atoms with Crippen LogP contribution in [0.15, 0.2) is 4.52 Å². The summed E-state index contributed by atoms with van der Waals surface area (Å²) < 4.78 is 27.9. The normalized spacial score (nSPS) is 23.4. The van der Waals surface area contributed by atoms with Crippen molar-refractivity contribution in [2.45, 2.75) is 31.4 Å². The highest BCUT2D eigenvalue weighted by molar-refractivity contribution is 7.92. The third-order valence-corrected chi connectivity index (χ3v) is 4.92. The van der Waals surface area contributed by atoms with Gasteiger partial charge in [-0.25, -0.2) is 8.42 Å². The highest BCUT2D eigenvalue weighted by Gasteiger charge is 2.32. The number of hydrogen-bond acceptors (Lipinski definition) is 6. The highest BCUT2D eigenvalue weighted by atomic mass is 32.2. The molecule has 1 fully saturated rings. The lowest BCUT2D eigenvalue weighted by molar-refractivity contribution is 0.100. The molecule has 0 aliphatic carbocycles. The molecule has 1 atom stereocenters. The van der Waals surface area contributed by atoms with Gasteiger partial charge < -0.3 is 4.52 Å². The van der Waals surface area contributed by atoms with Gasteiger partial charge in [-0.2, -0.15) is 4.98 Å². The molecule has 7 heteroatoms. The molecule has 1 aromatic rings. The minimum Gasteiger partial charge on any atom is -0.339 e. The Kier molecular flexibility index (Phi) is 2.79. The lowest BCUT2D eigenvalue weighted by Crippen LogP contribution is -2.18. The summed E-state index contributed by atoms with van der Waals surface area (Å²) >= 11 is 0. The zero-order valence-corrected chi connectivity index (χ0v) is 9.66. The van der Waals surface area contributed by atoms with Gasteiger partial charge in [0.05, 0.1) is 11.0 Å². The van der Waals surface area contributed by atoms with E-state index in [9.17, 15) is 13.2 Å². The third-order valence-electron chi connectivity index (χ3n) is 2.65. The molecule has 0 spiro atoms. The Morgan fingerprint density at radius 3 is 2.81 bits per heavy atom. The lowest BCUT2D eigenvalue weighted by Gasteiger charge is -2.04. The van der Waals surface area contributed by atoms with Gasteiger partial charge in [0.25, 0.3) is 0 Å². The van der Waals surface area contributed by atoms with Crippen LogP contribution in [-0.4, -0.2) is 35.3 Å². The van der Waals surface area contributed by atoms with E-state index in [-0.39, 0.29) is 29.7 Å². The second kappa shape index (κ2) is 3.97.